The second-order valence-electron chi connectivity index (χ2n) is 5.37. The van der Waals surface area contributed by atoms with Crippen LogP contribution in [0.3, 0.4) is 0 Å². The number of rotatable bonds is 7. The molecule has 0 aromatic heterocycles. The molecule has 2 amide bonds. The normalized spacial score (nSPS) is 10.1. The molecular weight excluding hydrogens is 320 g/mol. The molecule has 2 aromatic carbocycles. The van der Waals surface area contributed by atoms with E-state index in [-0.39, 0.29) is 18.7 Å². The Balaban J connectivity index is 2.22. The molecule has 0 saturated carbocycles. The van der Waals surface area contributed by atoms with Crippen molar-refractivity contribution in [3.8, 4) is 0 Å². The second kappa shape index (κ2) is 8.63. The van der Waals surface area contributed by atoms with E-state index in [4.69, 9.17) is 5.11 Å². The van der Waals surface area contributed by atoms with Gasteiger partial charge in [0.25, 0.3) is 5.91 Å². The Morgan fingerprint density at radius 3 is 2.24 bits per heavy atom. The van der Waals surface area contributed by atoms with Crippen molar-refractivity contribution in [3.63, 3.8) is 0 Å². The number of carboxylic acid groups (broad SMARTS) is 1. The monoisotopic (exact) mass is 340 g/mol. The summed E-state index contributed by atoms with van der Waals surface area (Å²) in [5.41, 5.74) is 1.50. The minimum Gasteiger partial charge on any atom is -0.481 e. The third-order valence-corrected chi connectivity index (χ3v) is 3.63. The van der Waals surface area contributed by atoms with Crippen molar-refractivity contribution >= 4 is 29.2 Å². The van der Waals surface area contributed by atoms with E-state index in [1.165, 1.54) is 0 Å². The summed E-state index contributed by atoms with van der Waals surface area (Å²) in [6.45, 7) is 2.35. The molecule has 0 spiro atoms. The molecule has 2 rings (SSSR count). The summed E-state index contributed by atoms with van der Waals surface area (Å²) < 4.78 is 0. The lowest BCUT2D eigenvalue weighted by atomic mass is 10.1. The first kappa shape index (κ1) is 18.2. The van der Waals surface area contributed by atoms with Crippen LogP contribution in [0.15, 0.2) is 54.6 Å². The van der Waals surface area contributed by atoms with Crippen molar-refractivity contribution in [2.24, 2.45) is 0 Å². The predicted octanol–water partition coefficient (Wildman–Crippen LogP) is 3.16. The minimum atomic E-state index is -1.04. The summed E-state index contributed by atoms with van der Waals surface area (Å²) >= 11 is 0. The number of para-hydroxylation sites is 2. The summed E-state index contributed by atoms with van der Waals surface area (Å²) in [6, 6.07) is 16.0. The topological polar surface area (TPSA) is 86.7 Å². The molecule has 25 heavy (non-hydrogen) atoms. The van der Waals surface area contributed by atoms with Crippen molar-refractivity contribution in [1.29, 1.82) is 0 Å². The number of anilines is 2. The number of aliphatic carboxylic acids is 1. The van der Waals surface area contributed by atoms with Crippen molar-refractivity contribution < 1.29 is 19.5 Å². The van der Waals surface area contributed by atoms with E-state index in [0.29, 0.717) is 17.8 Å². The Labute approximate surface area is 146 Å². The predicted molar refractivity (Wildman–Crippen MR) is 95.7 cm³/mol. The number of carbonyl (C=O) groups excluding carboxylic acids is 2. The van der Waals surface area contributed by atoms with Crippen LogP contribution in [0.5, 0.6) is 0 Å². The Bertz CT molecular complexity index is 759. The van der Waals surface area contributed by atoms with Gasteiger partial charge < -0.3 is 15.3 Å². The highest BCUT2D eigenvalue weighted by Gasteiger charge is 2.19. The number of amides is 2. The number of hydrogen-bond donors (Lipinski definition) is 2. The van der Waals surface area contributed by atoms with Gasteiger partial charge in [0.05, 0.1) is 17.7 Å². The van der Waals surface area contributed by atoms with Gasteiger partial charge in [-0.15, -0.1) is 0 Å². The highest BCUT2D eigenvalue weighted by molar-refractivity contribution is 6.11. The van der Waals surface area contributed by atoms with Crippen LogP contribution in [-0.2, 0) is 9.59 Å². The zero-order valence-electron chi connectivity index (χ0n) is 13.9. The third kappa shape index (κ3) is 4.91. The van der Waals surface area contributed by atoms with Crippen molar-refractivity contribution in [2.75, 3.05) is 16.8 Å². The van der Waals surface area contributed by atoms with Gasteiger partial charge in [-0.2, -0.15) is 0 Å². The average Bonchev–Trinajstić information content (AvgIpc) is 2.62. The van der Waals surface area contributed by atoms with Crippen molar-refractivity contribution in [3.05, 3.63) is 60.2 Å². The van der Waals surface area contributed by atoms with E-state index in [1.54, 1.807) is 29.2 Å². The largest absolute Gasteiger partial charge is 0.481 e. The Morgan fingerprint density at radius 1 is 0.960 bits per heavy atom. The number of nitrogens with one attached hydrogen (secondary N) is 1. The molecule has 0 heterocycles. The van der Waals surface area contributed by atoms with Gasteiger partial charge >= 0.3 is 5.97 Å². The third-order valence-electron chi connectivity index (χ3n) is 3.63. The van der Waals surface area contributed by atoms with Gasteiger partial charge in [0.1, 0.15) is 0 Å². The van der Waals surface area contributed by atoms with E-state index in [0.717, 1.165) is 5.69 Å². The van der Waals surface area contributed by atoms with Gasteiger partial charge in [0, 0.05) is 18.7 Å². The average molecular weight is 340 g/mol. The lowest BCUT2D eigenvalue weighted by molar-refractivity contribution is -0.138. The first-order valence-electron chi connectivity index (χ1n) is 8.00. The summed E-state index contributed by atoms with van der Waals surface area (Å²) in [7, 11) is 0. The molecule has 0 atom stereocenters. The number of carboxylic acids is 1. The van der Waals surface area contributed by atoms with Gasteiger partial charge in [0.2, 0.25) is 5.91 Å². The summed E-state index contributed by atoms with van der Waals surface area (Å²) in [5, 5.41) is 11.3. The van der Waals surface area contributed by atoms with Crippen LogP contribution in [0, 0.1) is 0 Å². The molecule has 130 valence electrons. The molecule has 6 nitrogen and oxygen atoms in total. The zero-order valence-corrected chi connectivity index (χ0v) is 13.9. The van der Waals surface area contributed by atoms with E-state index in [2.05, 4.69) is 5.32 Å². The molecule has 0 unspecified atom stereocenters. The molecule has 0 saturated heterocycles. The maximum absolute atomic E-state index is 12.9. The molecular formula is C19H20N2O4. The van der Waals surface area contributed by atoms with Crippen LogP contribution < -0.4 is 10.2 Å². The van der Waals surface area contributed by atoms with E-state index >= 15 is 0 Å². The molecule has 0 bridgehead atoms. The van der Waals surface area contributed by atoms with Gasteiger partial charge in [-0.1, -0.05) is 30.3 Å². The lowest BCUT2D eigenvalue weighted by Crippen LogP contribution is -2.31. The minimum absolute atomic E-state index is 0.145. The Kier molecular flexibility index (Phi) is 6.28. The van der Waals surface area contributed by atoms with Crippen molar-refractivity contribution in [2.45, 2.75) is 19.8 Å². The first-order chi connectivity index (χ1) is 12.0. The second-order valence-corrected chi connectivity index (χ2v) is 5.37. The van der Waals surface area contributed by atoms with Crippen LogP contribution in [0.25, 0.3) is 0 Å². The molecule has 6 heteroatoms. The fraction of sp³-hybridized carbons (Fsp3) is 0.211. The fourth-order valence-electron chi connectivity index (χ4n) is 2.41. The van der Waals surface area contributed by atoms with E-state index in [1.807, 2.05) is 37.3 Å². The maximum atomic E-state index is 12.9. The van der Waals surface area contributed by atoms with Crippen LogP contribution in [0.1, 0.15) is 30.1 Å². The fourth-order valence-corrected chi connectivity index (χ4v) is 2.41. The first-order valence-corrected chi connectivity index (χ1v) is 8.00. The van der Waals surface area contributed by atoms with Crippen LogP contribution in [0.2, 0.25) is 0 Å². The lowest BCUT2D eigenvalue weighted by Gasteiger charge is -2.22. The highest BCUT2D eigenvalue weighted by Crippen LogP contribution is 2.22. The van der Waals surface area contributed by atoms with Crippen LogP contribution in [-0.4, -0.2) is 29.4 Å². The molecule has 0 radical (unpaired) electrons. The standard InChI is InChI=1S/C19H20N2O4/c1-2-21(14-8-4-3-5-9-14)19(25)15-10-6-7-11-16(15)20-17(22)12-13-18(23)24/h3-11H,2,12-13H2,1H3,(H,20,22)(H,23,24). The summed E-state index contributed by atoms with van der Waals surface area (Å²) in [4.78, 5) is 37.0. The zero-order chi connectivity index (χ0) is 18.2. The van der Waals surface area contributed by atoms with Gasteiger partial charge in [-0.3, -0.25) is 14.4 Å². The smallest absolute Gasteiger partial charge is 0.303 e. The van der Waals surface area contributed by atoms with E-state index < -0.39 is 11.9 Å². The summed E-state index contributed by atoms with van der Waals surface area (Å²) in [5.74, 6) is -1.71. The highest BCUT2D eigenvalue weighted by atomic mass is 16.4. The van der Waals surface area contributed by atoms with Crippen LogP contribution >= 0.6 is 0 Å². The molecule has 0 aliphatic carbocycles. The maximum Gasteiger partial charge on any atom is 0.303 e. The quantitative estimate of drug-likeness (QED) is 0.810. The SMILES string of the molecule is CCN(C(=O)c1ccccc1NC(=O)CCC(=O)O)c1ccccc1. The number of carbonyl (C=O) groups is 3. The number of benzene rings is 2. The molecule has 0 fully saturated rings. The number of hydrogen-bond acceptors (Lipinski definition) is 3. The van der Waals surface area contributed by atoms with Crippen molar-refractivity contribution in [1.82, 2.24) is 0 Å². The number of nitrogens with zero attached hydrogens (tertiary/aromatic N) is 1. The molecule has 2 N–H and O–H groups in total. The van der Waals surface area contributed by atoms with Gasteiger partial charge in [0.15, 0.2) is 0 Å². The Hall–Kier alpha value is -3.15. The molecule has 2 aromatic rings. The Morgan fingerprint density at radius 2 is 1.60 bits per heavy atom. The van der Waals surface area contributed by atoms with E-state index in [9.17, 15) is 14.4 Å². The van der Waals surface area contributed by atoms with Crippen LogP contribution in [0.4, 0.5) is 11.4 Å². The molecule has 0 aliphatic rings. The summed E-state index contributed by atoms with van der Waals surface area (Å²) in [6.07, 6.45) is -0.402. The van der Waals surface area contributed by atoms with Gasteiger partial charge in [-0.25, -0.2) is 0 Å². The molecule has 0 aliphatic heterocycles. The van der Waals surface area contributed by atoms with Gasteiger partial charge in [-0.05, 0) is 31.2 Å².